The van der Waals surface area contributed by atoms with Gasteiger partial charge in [0.05, 0.1) is 16.1 Å². The number of nitrogens with two attached hydrogens (primary N) is 1. The Hall–Kier alpha value is -3.55. The molecule has 1 unspecified atom stereocenters. The van der Waals surface area contributed by atoms with Gasteiger partial charge in [-0.3, -0.25) is 9.78 Å². The highest BCUT2D eigenvalue weighted by molar-refractivity contribution is 7.91. The quantitative estimate of drug-likeness (QED) is 0.512. The van der Waals surface area contributed by atoms with Crippen LogP contribution in [0, 0.1) is 0 Å². The molecule has 150 valence electrons. The van der Waals surface area contributed by atoms with Gasteiger partial charge in [0.15, 0.2) is 9.84 Å². The third-order valence-corrected chi connectivity index (χ3v) is 6.66. The predicted octanol–water partition coefficient (Wildman–Crippen LogP) is 3.92. The molecule has 0 aliphatic rings. The molecule has 1 aromatic heterocycles. The van der Waals surface area contributed by atoms with Crippen molar-refractivity contribution < 1.29 is 13.2 Å². The van der Waals surface area contributed by atoms with E-state index in [-0.39, 0.29) is 16.0 Å². The Morgan fingerprint density at radius 3 is 2.40 bits per heavy atom. The fraction of sp³-hybridized carbons (Fsp3) is 0.0435. The second-order valence-corrected chi connectivity index (χ2v) is 8.76. The van der Waals surface area contributed by atoms with E-state index in [0.29, 0.717) is 5.69 Å². The highest BCUT2D eigenvalue weighted by Gasteiger charge is 2.28. The van der Waals surface area contributed by atoms with E-state index >= 15 is 0 Å². The molecule has 3 aromatic carbocycles. The van der Waals surface area contributed by atoms with Crippen LogP contribution in [0.3, 0.4) is 0 Å². The van der Waals surface area contributed by atoms with E-state index in [9.17, 15) is 13.2 Å². The summed E-state index contributed by atoms with van der Waals surface area (Å²) in [5.41, 5.74) is 7.91. The summed E-state index contributed by atoms with van der Waals surface area (Å²) in [7, 11) is -3.87. The zero-order valence-corrected chi connectivity index (χ0v) is 16.7. The third kappa shape index (κ3) is 3.68. The molecular weight excluding hydrogens is 398 g/mol. The molecule has 0 bridgehead atoms. The van der Waals surface area contributed by atoms with E-state index in [1.54, 1.807) is 66.9 Å². The molecule has 30 heavy (non-hydrogen) atoms. The largest absolute Gasteiger partial charge is 0.321 e. The van der Waals surface area contributed by atoms with Crippen molar-refractivity contribution in [2.75, 3.05) is 5.32 Å². The lowest BCUT2D eigenvalue weighted by Gasteiger charge is -2.17. The Balaban J connectivity index is 1.70. The average Bonchev–Trinajstić information content (AvgIpc) is 2.79. The number of fused-ring (bicyclic) bond motifs is 1. The second-order valence-electron chi connectivity index (χ2n) is 6.70. The van der Waals surface area contributed by atoms with E-state index in [0.717, 1.165) is 10.9 Å². The number of nitrogens with zero attached hydrogens (tertiary/aromatic N) is 1. The first kappa shape index (κ1) is 19.8. The van der Waals surface area contributed by atoms with E-state index in [1.807, 2.05) is 12.1 Å². The van der Waals surface area contributed by atoms with Crippen molar-refractivity contribution in [3.05, 3.63) is 102 Å². The predicted molar refractivity (Wildman–Crippen MR) is 117 cm³/mol. The van der Waals surface area contributed by atoms with Crippen molar-refractivity contribution >= 4 is 32.3 Å². The van der Waals surface area contributed by atoms with Gasteiger partial charge in [-0.1, -0.05) is 42.5 Å². The van der Waals surface area contributed by atoms with Gasteiger partial charge in [-0.25, -0.2) is 8.42 Å². The minimum atomic E-state index is -3.87. The Labute approximate surface area is 174 Å². The van der Waals surface area contributed by atoms with Crippen molar-refractivity contribution in [1.29, 1.82) is 0 Å². The summed E-state index contributed by atoms with van der Waals surface area (Å²) in [4.78, 5) is 17.5. The van der Waals surface area contributed by atoms with E-state index in [4.69, 9.17) is 5.73 Å². The number of pyridine rings is 1. The molecule has 1 heterocycles. The van der Waals surface area contributed by atoms with Gasteiger partial charge >= 0.3 is 0 Å². The van der Waals surface area contributed by atoms with Crippen LogP contribution in [-0.4, -0.2) is 19.3 Å². The van der Waals surface area contributed by atoms with Crippen LogP contribution in [0.1, 0.15) is 21.3 Å². The van der Waals surface area contributed by atoms with Crippen LogP contribution in [0.25, 0.3) is 10.9 Å². The maximum absolute atomic E-state index is 13.1. The number of sulfone groups is 1. The molecule has 4 aromatic rings. The highest BCUT2D eigenvalue weighted by atomic mass is 32.2. The van der Waals surface area contributed by atoms with Gasteiger partial charge in [-0.15, -0.1) is 0 Å². The SMILES string of the molecule is NC(c1ccccc1C(=O)Nc1cccc2ncccc12)S(=O)(=O)c1ccccc1. The van der Waals surface area contributed by atoms with Crippen LogP contribution in [-0.2, 0) is 9.84 Å². The standard InChI is InChI=1S/C23H19N3O3S/c24-22(30(28,29)16-8-2-1-3-9-16)17-10-4-5-11-18(17)23(27)26-21-14-6-13-20-19(21)12-7-15-25-20/h1-15,22H,24H2,(H,26,27). The number of aromatic nitrogens is 1. The molecule has 0 saturated carbocycles. The number of benzene rings is 3. The zero-order valence-electron chi connectivity index (χ0n) is 15.9. The first-order chi connectivity index (χ1) is 14.5. The van der Waals surface area contributed by atoms with Crippen LogP contribution < -0.4 is 11.1 Å². The van der Waals surface area contributed by atoms with Crippen LogP contribution in [0.15, 0.2) is 96.0 Å². The van der Waals surface area contributed by atoms with Gasteiger partial charge in [0.2, 0.25) is 0 Å². The molecule has 4 rings (SSSR count). The number of carbonyl (C=O) groups is 1. The number of carbonyl (C=O) groups excluding carboxylic acids is 1. The molecule has 0 fully saturated rings. The number of hydrogen-bond donors (Lipinski definition) is 2. The number of amides is 1. The van der Waals surface area contributed by atoms with Crippen molar-refractivity contribution in [2.45, 2.75) is 10.3 Å². The Bertz CT molecular complexity index is 1320. The summed E-state index contributed by atoms with van der Waals surface area (Å²) in [6, 6.07) is 23.5. The zero-order chi connectivity index (χ0) is 21.1. The molecular formula is C23H19N3O3S. The molecule has 0 saturated heterocycles. The minimum absolute atomic E-state index is 0.104. The fourth-order valence-electron chi connectivity index (χ4n) is 3.28. The molecule has 0 spiro atoms. The molecule has 0 radical (unpaired) electrons. The van der Waals surface area contributed by atoms with Crippen molar-refractivity contribution in [3.63, 3.8) is 0 Å². The fourth-order valence-corrected chi connectivity index (χ4v) is 4.65. The van der Waals surface area contributed by atoms with Gasteiger partial charge in [-0.05, 0) is 48.0 Å². The monoisotopic (exact) mass is 417 g/mol. The molecule has 3 N–H and O–H groups in total. The number of nitrogens with one attached hydrogen (secondary N) is 1. The van der Waals surface area contributed by atoms with E-state index < -0.39 is 21.1 Å². The molecule has 0 aliphatic carbocycles. The smallest absolute Gasteiger partial charge is 0.256 e. The van der Waals surface area contributed by atoms with Crippen molar-refractivity contribution in [3.8, 4) is 0 Å². The molecule has 1 atom stereocenters. The van der Waals surface area contributed by atoms with E-state index in [2.05, 4.69) is 10.3 Å². The minimum Gasteiger partial charge on any atom is -0.321 e. The van der Waals surface area contributed by atoms with Crippen molar-refractivity contribution in [1.82, 2.24) is 4.98 Å². The van der Waals surface area contributed by atoms with Crippen molar-refractivity contribution in [2.24, 2.45) is 5.73 Å². The summed E-state index contributed by atoms with van der Waals surface area (Å²) in [6.07, 6.45) is 1.68. The summed E-state index contributed by atoms with van der Waals surface area (Å²) in [6.45, 7) is 0. The summed E-state index contributed by atoms with van der Waals surface area (Å²) < 4.78 is 26.0. The number of rotatable bonds is 5. The summed E-state index contributed by atoms with van der Waals surface area (Å²) >= 11 is 0. The first-order valence-electron chi connectivity index (χ1n) is 9.27. The topological polar surface area (TPSA) is 102 Å². The highest BCUT2D eigenvalue weighted by Crippen LogP contribution is 2.28. The maximum Gasteiger partial charge on any atom is 0.256 e. The second kappa shape index (κ2) is 8.06. The van der Waals surface area contributed by atoms with E-state index in [1.165, 1.54) is 12.1 Å². The Morgan fingerprint density at radius 1 is 0.867 bits per heavy atom. The molecule has 1 amide bonds. The van der Waals surface area contributed by atoms with Gasteiger partial charge < -0.3 is 11.1 Å². The molecule has 6 nitrogen and oxygen atoms in total. The van der Waals surface area contributed by atoms with Gasteiger partial charge in [0.1, 0.15) is 5.37 Å². The van der Waals surface area contributed by atoms with Crippen LogP contribution in [0.2, 0.25) is 0 Å². The Morgan fingerprint density at radius 2 is 1.60 bits per heavy atom. The maximum atomic E-state index is 13.1. The number of anilines is 1. The lowest BCUT2D eigenvalue weighted by molar-refractivity contribution is 0.102. The average molecular weight is 417 g/mol. The van der Waals surface area contributed by atoms with Gasteiger partial charge in [0.25, 0.3) is 5.91 Å². The van der Waals surface area contributed by atoms with Crippen LogP contribution >= 0.6 is 0 Å². The molecule has 7 heteroatoms. The lowest BCUT2D eigenvalue weighted by Crippen LogP contribution is -2.25. The summed E-state index contributed by atoms with van der Waals surface area (Å²) in [5, 5.41) is 2.26. The molecule has 0 aliphatic heterocycles. The van der Waals surface area contributed by atoms with Gasteiger partial charge in [0, 0.05) is 17.1 Å². The van der Waals surface area contributed by atoms with Crippen LogP contribution in [0.5, 0.6) is 0 Å². The third-order valence-electron chi connectivity index (χ3n) is 4.81. The lowest BCUT2D eigenvalue weighted by atomic mass is 10.1. The van der Waals surface area contributed by atoms with Crippen LogP contribution in [0.4, 0.5) is 5.69 Å². The van der Waals surface area contributed by atoms with Gasteiger partial charge in [-0.2, -0.15) is 0 Å². The normalized spacial score (nSPS) is 12.4. The first-order valence-corrected chi connectivity index (χ1v) is 10.8. The summed E-state index contributed by atoms with van der Waals surface area (Å²) in [5.74, 6) is -0.444. The number of hydrogen-bond acceptors (Lipinski definition) is 5. The Kier molecular flexibility index (Phi) is 5.31.